The molecule has 0 radical (unpaired) electrons. The SMILES string of the molecule is C=Cc1ccc(COCCCCCCc2ccc(C=CC(=O)c3ccc(F)cc3)cc2)cc1. The van der Waals surface area contributed by atoms with E-state index in [4.69, 9.17) is 4.74 Å². The Kier molecular flexibility index (Phi) is 9.81. The molecule has 0 N–H and O–H groups in total. The van der Waals surface area contributed by atoms with Gasteiger partial charge in [0.1, 0.15) is 5.82 Å². The molecule has 0 saturated carbocycles. The largest absolute Gasteiger partial charge is 0.377 e. The van der Waals surface area contributed by atoms with Crippen LogP contribution in [-0.4, -0.2) is 12.4 Å². The van der Waals surface area contributed by atoms with Crippen LogP contribution in [0.2, 0.25) is 0 Å². The quantitative estimate of drug-likeness (QED) is 0.154. The van der Waals surface area contributed by atoms with Crippen molar-refractivity contribution in [3.63, 3.8) is 0 Å². The van der Waals surface area contributed by atoms with Gasteiger partial charge in [-0.15, -0.1) is 0 Å². The van der Waals surface area contributed by atoms with Gasteiger partial charge in [0.2, 0.25) is 0 Å². The molecule has 0 aromatic heterocycles. The fourth-order valence-electron chi connectivity index (χ4n) is 3.50. The maximum absolute atomic E-state index is 13.0. The fraction of sp³-hybridized carbons (Fsp3) is 0.233. The molecule has 0 bridgehead atoms. The number of ketones is 1. The van der Waals surface area contributed by atoms with Gasteiger partial charge in [0.05, 0.1) is 6.61 Å². The molecule has 3 heteroatoms. The van der Waals surface area contributed by atoms with Gasteiger partial charge in [0, 0.05) is 12.2 Å². The van der Waals surface area contributed by atoms with Crippen molar-refractivity contribution in [2.24, 2.45) is 0 Å². The molecule has 0 atom stereocenters. The Balaban J connectivity index is 1.28. The van der Waals surface area contributed by atoms with Crippen LogP contribution in [0.5, 0.6) is 0 Å². The van der Waals surface area contributed by atoms with Crippen LogP contribution >= 0.6 is 0 Å². The summed E-state index contributed by atoms with van der Waals surface area (Å²) in [7, 11) is 0. The van der Waals surface area contributed by atoms with Crippen LogP contribution < -0.4 is 0 Å². The molecule has 3 rings (SSSR count). The number of aryl methyl sites for hydroxylation is 1. The Bertz CT molecular complexity index is 1030. The highest BCUT2D eigenvalue weighted by atomic mass is 19.1. The summed E-state index contributed by atoms with van der Waals surface area (Å²) in [5.41, 5.74) is 5.08. The summed E-state index contributed by atoms with van der Waals surface area (Å²) >= 11 is 0. The van der Waals surface area contributed by atoms with E-state index in [1.165, 1.54) is 54.3 Å². The van der Waals surface area contributed by atoms with Gasteiger partial charge in [-0.2, -0.15) is 0 Å². The Hall–Kier alpha value is -3.30. The molecule has 33 heavy (non-hydrogen) atoms. The van der Waals surface area contributed by atoms with E-state index in [0.29, 0.717) is 12.2 Å². The number of carbonyl (C=O) groups excluding carboxylic acids is 1. The second kappa shape index (κ2) is 13.3. The van der Waals surface area contributed by atoms with Gasteiger partial charge in [-0.25, -0.2) is 4.39 Å². The molecule has 3 aromatic rings. The van der Waals surface area contributed by atoms with E-state index in [0.717, 1.165) is 37.0 Å². The van der Waals surface area contributed by atoms with Crippen LogP contribution in [0.15, 0.2) is 85.5 Å². The van der Waals surface area contributed by atoms with Crippen LogP contribution in [0.3, 0.4) is 0 Å². The first-order chi connectivity index (χ1) is 16.1. The van der Waals surface area contributed by atoms with Crippen molar-refractivity contribution in [2.45, 2.75) is 38.7 Å². The van der Waals surface area contributed by atoms with Crippen molar-refractivity contribution in [3.8, 4) is 0 Å². The summed E-state index contributed by atoms with van der Waals surface area (Å²) in [4.78, 5) is 12.1. The van der Waals surface area contributed by atoms with E-state index in [1.54, 1.807) is 6.08 Å². The van der Waals surface area contributed by atoms with E-state index < -0.39 is 0 Å². The molecule has 0 saturated heterocycles. The first-order valence-corrected chi connectivity index (χ1v) is 11.5. The average Bonchev–Trinajstić information content (AvgIpc) is 2.85. The number of unbranched alkanes of at least 4 members (excludes halogenated alkanes) is 3. The van der Waals surface area contributed by atoms with Crippen LogP contribution in [0.25, 0.3) is 12.2 Å². The molecule has 0 aliphatic heterocycles. The highest BCUT2D eigenvalue weighted by Gasteiger charge is 2.02. The number of hydrogen-bond acceptors (Lipinski definition) is 2. The van der Waals surface area contributed by atoms with E-state index in [9.17, 15) is 9.18 Å². The van der Waals surface area contributed by atoms with Gasteiger partial charge in [0.15, 0.2) is 5.78 Å². The van der Waals surface area contributed by atoms with Crippen molar-refractivity contribution < 1.29 is 13.9 Å². The molecule has 0 spiro atoms. The number of rotatable bonds is 13. The van der Waals surface area contributed by atoms with Crippen molar-refractivity contribution in [2.75, 3.05) is 6.61 Å². The highest BCUT2D eigenvalue weighted by Crippen LogP contribution is 2.13. The van der Waals surface area contributed by atoms with E-state index in [-0.39, 0.29) is 11.6 Å². The number of allylic oxidation sites excluding steroid dienone is 1. The van der Waals surface area contributed by atoms with Gasteiger partial charge < -0.3 is 4.74 Å². The minimum absolute atomic E-state index is 0.131. The minimum atomic E-state index is -0.342. The molecular weight excluding hydrogens is 411 g/mol. The van der Waals surface area contributed by atoms with Gasteiger partial charge in [-0.05, 0) is 71.9 Å². The number of carbonyl (C=O) groups is 1. The lowest BCUT2D eigenvalue weighted by atomic mass is 10.0. The van der Waals surface area contributed by atoms with Gasteiger partial charge in [0.25, 0.3) is 0 Å². The monoisotopic (exact) mass is 442 g/mol. The molecule has 0 heterocycles. The zero-order valence-electron chi connectivity index (χ0n) is 19.0. The number of benzene rings is 3. The summed E-state index contributed by atoms with van der Waals surface area (Å²) in [5, 5.41) is 0. The summed E-state index contributed by atoms with van der Waals surface area (Å²) in [6.45, 7) is 5.22. The van der Waals surface area contributed by atoms with Crippen LogP contribution in [0.4, 0.5) is 4.39 Å². The lowest BCUT2D eigenvalue weighted by Crippen LogP contribution is -1.96. The number of ether oxygens (including phenoxy) is 1. The standard InChI is InChI=1S/C30H31FO2/c1-2-24-8-14-27(15-9-24)23-33-22-6-4-3-5-7-25-10-12-26(13-11-25)16-21-30(32)28-17-19-29(31)20-18-28/h2,8-21H,1,3-7,22-23H2. The Morgan fingerprint density at radius 3 is 2.12 bits per heavy atom. The van der Waals surface area contributed by atoms with Crippen LogP contribution in [0, 0.1) is 5.82 Å². The molecule has 0 aliphatic carbocycles. The fourth-order valence-corrected chi connectivity index (χ4v) is 3.50. The Morgan fingerprint density at radius 2 is 1.42 bits per heavy atom. The predicted molar refractivity (Wildman–Crippen MR) is 135 cm³/mol. The predicted octanol–water partition coefficient (Wildman–Crippen LogP) is 7.68. The summed E-state index contributed by atoms with van der Waals surface area (Å²) < 4.78 is 18.7. The van der Waals surface area contributed by atoms with Crippen molar-refractivity contribution >= 4 is 17.9 Å². The zero-order valence-corrected chi connectivity index (χ0v) is 19.0. The van der Waals surface area contributed by atoms with Gasteiger partial charge in [-0.1, -0.05) is 80.1 Å². The van der Waals surface area contributed by atoms with Crippen LogP contribution in [-0.2, 0) is 17.8 Å². The van der Waals surface area contributed by atoms with Gasteiger partial charge in [-0.3, -0.25) is 4.79 Å². The van der Waals surface area contributed by atoms with Crippen molar-refractivity contribution in [3.05, 3.63) is 119 Å². The lowest BCUT2D eigenvalue weighted by molar-refractivity contribution is 0.104. The second-order valence-electron chi connectivity index (χ2n) is 8.11. The number of halogens is 1. The van der Waals surface area contributed by atoms with Gasteiger partial charge >= 0.3 is 0 Å². The van der Waals surface area contributed by atoms with Crippen molar-refractivity contribution in [1.29, 1.82) is 0 Å². The Morgan fingerprint density at radius 1 is 0.788 bits per heavy atom. The van der Waals surface area contributed by atoms with E-state index >= 15 is 0 Å². The van der Waals surface area contributed by atoms with E-state index in [1.807, 2.05) is 18.2 Å². The third kappa shape index (κ3) is 8.63. The molecule has 0 aliphatic rings. The Labute approximate surface area is 196 Å². The average molecular weight is 443 g/mol. The first-order valence-electron chi connectivity index (χ1n) is 11.5. The highest BCUT2D eigenvalue weighted by molar-refractivity contribution is 6.06. The maximum Gasteiger partial charge on any atom is 0.185 e. The second-order valence-corrected chi connectivity index (χ2v) is 8.11. The normalized spacial score (nSPS) is 11.1. The smallest absolute Gasteiger partial charge is 0.185 e. The molecule has 0 unspecified atom stereocenters. The molecule has 0 fully saturated rings. The summed E-state index contributed by atoms with van der Waals surface area (Å²) in [5.74, 6) is -0.473. The van der Waals surface area contributed by atoms with Crippen molar-refractivity contribution in [1.82, 2.24) is 0 Å². The summed E-state index contributed by atoms with van der Waals surface area (Å²) in [6, 6.07) is 22.2. The number of hydrogen-bond donors (Lipinski definition) is 0. The van der Waals surface area contributed by atoms with Crippen LogP contribution in [0.1, 0.15) is 58.3 Å². The molecule has 3 aromatic carbocycles. The lowest BCUT2D eigenvalue weighted by Gasteiger charge is -2.06. The molecular formula is C30H31FO2. The summed E-state index contributed by atoms with van der Waals surface area (Å²) in [6.07, 6.45) is 10.8. The van der Waals surface area contributed by atoms with E-state index in [2.05, 4.69) is 43.0 Å². The minimum Gasteiger partial charge on any atom is -0.377 e. The molecule has 170 valence electrons. The first kappa shape index (κ1) is 24.3. The molecule has 0 amide bonds. The molecule has 2 nitrogen and oxygen atoms in total. The third-order valence-electron chi connectivity index (χ3n) is 5.52. The zero-order chi connectivity index (χ0) is 23.3. The topological polar surface area (TPSA) is 26.3 Å². The third-order valence-corrected chi connectivity index (χ3v) is 5.52. The maximum atomic E-state index is 13.0.